The lowest BCUT2D eigenvalue weighted by Gasteiger charge is -2.09. The lowest BCUT2D eigenvalue weighted by Crippen LogP contribution is -2.11. The van der Waals surface area contributed by atoms with Crippen LogP contribution in [-0.2, 0) is 7.05 Å². The van der Waals surface area contributed by atoms with E-state index in [4.69, 9.17) is 0 Å². The lowest BCUT2D eigenvalue weighted by molar-refractivity contribution is 0.0867. The summed E-state index contributed by atoms with van der Waals surface area (Å²) in [7, 11) is 1.76. The number of carbonyl (C=O) groups is 1. The van der Waals surface area contributed by atoms with Crippen LogP contribution in [0.2, 0.25) is 0 Å². The van der Waals surface area contributed by atoms with E-state index in [1.807, 2.05) is 18.2 Å². The Labute approximate surface area is 99.5 Å². The maximum Gasteiger partial charge on any atom is 0.201 e. The lowest BCUT2D eigenvalue weighted by atomic mass is 10.0. The molecule has 4 heteroatoms. The topological polar surface area (TPSA) is 55.1 Å². The molecule has 0 saturated heterocycles. The van der Waals surface area contributed by atoms with Crippen molar-refractivity contribution in [2.75, 3.05) is 0 Å². The molecule has 0 spiro atoms. The Kier molecular flexibility index (Phi) is 3.35. The van der Waals surface area contributed by atoms with Crippen molar-refractivity contribution in [2.45, 2.75) is 12.5 Å². The molecule has 17 heavy (non-hydrogen) atoms. The van der Waals surface area contributed by atoms with Gasteiger partial charge in [0.2, 0.25) is 5.78 Å². The number of aliphatic hydroxyl groups is 1. The summed E-state index contributed by atoms with van der Waals surface area (Å²) in [6.45, 7) is 0. The first kappa shape index (κ1) is 11.5. The molecule has 0 aliphatic heterocycles. The molecular formula is C13H14N2O2. The highest BCUT2D eigenvalue weighted by Crippen LogP contribution is 2.17. The van der Waals surface area contributed by atoms with Gasteiger partial charge in [-0.3, -0.25) is 4.79 Å². The summed E-state index contributed by atoms with van der Waals surface area (Å²) >= 11 is 0. The van der Waals surface area contributed by atoms with Crippen LogP contribution >= 0.6 is 0 Å². The summed E-state index contributed by atoms with van der Waals surface area (Å²) in [5.41, 5.74) is 0.745. The number of rotatable bonds is 4. The van der Waals surface area contributed by atoms with Gasteiger partial charge >= 0.3 is 0 Å². The zero-order valence-electron chi connectivity index (χ0n) is 9.58. The van der Waals surface area contributed by atoms with Crippen molar-refractivity contribution >= 4 is 5.78 Å². The number of hydrogen-bond donors (Lipinski definition) is 1. The second kappa shape index (κ2) is 4.93. The molecule has 1 atom stereocenters. The van der Waals surface area contributed by atoms with E-state index in [9.17, 15) is 9.90 Å². The van der Waals surface area contributed by atoms with Gasteiger partial charge in [-0.05, 0) is 5.56 Å². The summed E-state index contributed by atoms with van der Waals surface area (Å²) in [6.07, 6.45) is 2.56. The number of Topliss-reactive ketones (excluding diaryl/α,β-unsaturated/α-hetero) is 1. The molecule has 1 aromatic carbocycles. The summed E-state index contributed by atoms with van der Waals surface area (Å²) in [5, 5.41) is 9.92. The van der Waals surface area contributed by atoms with Crippen molar-refractivity contribution < 1.29 is 9.90 Å². The summed E-state index contributed by atoms with van der Waals surface area (Å²) < 4.78 is 1.65. The van der Waals surface area contributed by atoms with Crippen LogP contribution in [-0.4, -0.2) is 20.4 Å². The van der Waals surface area contributed by atoms with Crippen LogP contribution in [0.3, 0.4) is 0 Å². The molecule has 2 rings (SSSR count). The normalized spacial score (nSPS) is 12.4. The fraction of sp³-hybridized carbons (Fsp3) is 0.231. The van der Waals surface area contributed by atoms with Crippen molar-refractivity contribution in [2.24, 2.45) is 7.05 Å². The van der Waals surface area contributed by atoms with Crippen LogP contribution in [0.25, 0.3) is 0 Å². The summed E-state index contributed by atoms with van der Waals surface area (Å²) in [6, 6.07) is 9.15. The number of imidazole rings is 1. The molecule has 1 N–H and O–H groups in total. The molecule has 0 aliphatic rings. The molecule has 0 bridgehead atoms. The Bertz CT molecular complexity index is 505. The first-order valence-electron chi connectivity index (χ1n) is 5.42. The number of benzene rings is 1. The molecule has 1 aromatic heterocycles. The highest BCUT2D eigenvalue weighted by molar-refractivity contribution is 5.93. The van der Waals surface area contributed by atoms with E-state index < -0.39 is 6.10 Å². The standard InChI is InChI=1S/C13H14N2O2/c1-15-8-7-14-13(15)12(17)9-11(16)10-5-3-2-4-6-10/h2-8,11,16H,9H2,1H3. The fourth-order valence-corrected chi connectivity index (χ4v) is 1.69. The van der Waals surface area contributed by atoms with Crippen LogP contribution in [0.15, 0.2) is 42.7 Å². The molecule has 1 heterocycles. The molecule has 0 radical (unpaired) electrons. The highest BCUT2D eigenvalue weighted by Gasteiger charge is 2.17. The molecule has 0 amide bonds. The predicted molar refractivity (Wildman–Crippen MR) is 63.6 cm³/mol. The number of aromatic nitrogens is 2. The Balaban J connectivity index is 2.08. The molecule has 0 saturated carbocycles. The van der Waals surface area contributed by atoms with E-state index >= 15 is 0 Å². The van der Waals surface area contributed by atoms with E-state index in [1.54, 1.807) is 36.1 Å². The molecule has 1 unspecified atom stereocenters. The molecule has 0 fully saturated rings. The minimum Gasteiger partial charge on any atom is -0.388 e. The van der Waals surface area contributed by atoms with Crippen molar-refractivity contribution in [3.8, 4) is 0 Å². The molecule has 88 valence electrons. The van der Waals surface area contributed by atoms with Gasteiger partial charge in [0.1, 0.15) is 0 Å². The van der Waals surface area contributed by atoms with Gasteiger partial charge < -0.3 is 9.67 Å². The van der Waals surface area contributed by atoms with Gasteiger partial charge in [-0.2, -0.15) is 0 Å². The number of ketones is 1. The minimum atomic E-state index is -0.777. The average Bonchev–Trinajstić information content (AvgIpc) is 2.76. The van der Waals surface area contributed by atoms with E-state index in [0.29, 0.717) is 5.82 Å². The van der Waals surface area contributed by atoms with Crippen molar-refractivity contribution in [1.29, 1.82) is 0 Å². The van der Waals surface area contributed by atoms with Gasteiger partial charge in [-0.25, -0.2) is 4.98 Å². The third kappa shape index (κ3) is 2.60. The zero-order valence-corrected chi connectivity index (χ0v) is 9.58. The van der Waals surface area contributed by atoms with E-state index in [0.717, 1.165) is 5.56 Å². The van der Waals surface area contributed by atoms with Gasteiger partial charge in [0.05, 0.1) is 6.10 Å². The Morgan fingerprint density at radius 2 is 2.12 bits per heavy atom. The first-order valence-corrected chi connectivity index (χ1v) is 5.42. The van der Waals surface area contributed by atoms with Crippen LogP contribution in [0.5, 0.6) is 0 Å². The largest absolute Gasteiger partial charge is 0.388 e. The average molecular weight is 230 g/mol. The first-order chi connectivity index (χ1) is 8.18. The van der Waals surface area contributed by atoms with Crippen molar-refractivity contribution in [1.82, 2.24) is 9.55 Å². The Morgan fingerprint density at radius 1 is 1.41 bits per heavy atom. The smallest absolute Gasteiger partial charge is 0.201 e. The molecular weight excluding hydrogens is 216 g/mol. The number of aliphatic hydroxyl groups excluding tert-OH is 1. The maximum absolute atomic E-state index is 11.9. The summed E-state index contributed by atoms with van der Waals surface area (Å²) in [4.78, 5) is 15.8. The minimum absolute atomic E-state index is 0.0505. The monoisotopic (exact) mass is 230 g/mol. The summed E-state index contributed by atoms with van der Waals surface area (Å²) in [5.74, 6) is 0.217. The van der Waals surface area contributed by atoms with Gasteiger partial charge in [-0.1, -0.05) is 30.3 Å². The van der Waals surface area contributed by atoms with Gasteiger partial charge in [0.15, 0.2) is 5.82 Å². The van der Waals surface area contributed by atoms with E-state index in [1.165, 1.54) is 0 Å². The van der Waals surface area contributed by atoms with Crippen molar-refractivity contribution in [3.05, 3.63) is 54.1 Å². The molecule has 0 aliphatic carbocycles. The second-order valence-corrected chi connectivity index (χ2v) is 3.92. The zero-order chi connectivity index (χ0) is 12.3. The third-order valence-electron chi connectivity index (χ3n) is 2.63. The predicted octanol–water partition coefficient (Wildman–Crippen LogP) is 1.73. The van der Waals surface area contributed by atoms with Crippen LogP contribution in [0.1, 0.15) is 28.7 Å². The van der Waals surface area contributed by atoms with E-state index in [2.05, 4.69) is 4.98 Å². The second-order valence-electron chi connectivity index (χ2n) is 3.92. The highest BCUT2D eigenvalue weighted by atomic mass is 16.3. The number of hydrogen-bond acceptors (Lipinski definition) is 3. The number of nitrogens with zero attached hydrogens (tertiary/aromatic N) is 2. The molecule has 2 aromatic rings. The maximum atomic E-state index is 11.9. The van der Waals surface area contributed by atoms with E-state index in [-0.39, 0.29) is 12.2 Å². The number of carbonyl (C=O) groups excluding carboxylic acids is 1. The number of aryl methyl sites for hydroxylation is 1. The van der Waals surface area contributed by atoms with Gasteiger partial charge in [0, 0.05) is 25.9 Å². The van der Waals surface area contributed by atoms with Crippen LogP contribution < -0.4 is 0 Å². The quantitative estimate of drug-likeness (QED) is 0.814. The van der Waals surface area contributed by atoms with Gasteiger partial charge in [-0.15, -0.1) is 0 Å². The van der Waals surface area contributed by atoms with Crippen LogP contribution in [0.4, 0.5) is 0 Å². The fourth-order valence-electron chi connectivity index (χ4n) is 1.69. The third-order valence-corrected chi connectivity index (χ3v) is 2.63. The molecule has 4 nitrogen and oxygen atoms in total. The Hall–Kier alpha value is -1.94. The van der Waals surface area contributed by atoms with Crippen LogP contribution in [0, 0.1) is 0 Å². The SMILES string of the molecule is Cn1ccnc1C(=O)CC(O)c1ccccc1. The van der Waals surface area contributed by atoms with Crippen molar-refractivity contribution in [3.63, 3.8) is 0 Å². The Morgan fingerprint density at radius 3 is 2.71 bits per heavy atom. The van der Waals surface area contributed by atoms with Gasteiger partial charge in [0.25, 0.3) is 0 Å².